The van der Waals surface area contributed by atoms with Crippen LogP contribution in [0.25, 0.3) is 0 Å². The first-order valence-corrected chi connectivity index (χ1v) is 5.72. The summed E-state index contributed by atoms with van der Waals surface area (Å²) >= 11 is 5.65. The Balaban J connectivity index is 2.33. The number of carbonyl (C=O) groups is 1. The van der Waals surface area contributed by atoms with Gasteiger partial charge in [-0.1, -0.05) is 11.6 Å². The van der Waals surface area contributed by atoms with Gasteiger partial charge in [-0.15, -0.1) is 0 Å². The second kappa shape index (κ2) is 5.62. The third-order valence-electron chi connectivity index (χ3n) is 2.41. The Kier molecular flexibility index (Phi) is 3.90. The Morgan fingerprint density at radius 3 is 2.80 bits per heavy atom. The molecule has 1 N–H and O–H groups in total. The number of carbonyl (C=O) groups excluding carboxylic acids is 1. The highest BCUT2D eigenvalue weighted by atomic mass is 35.5. The van der Waals surface area contributed by atoms with Crippen LogP contribution >= 0.6 is 11.6 Å². The van der Waals surface area contributed by atoms with Crippen LogP contribution in [0.1, 0.15) is 10.4 Å². The lowest BCUT2D eigenvalue weighted by Gasteiger charge is -2.06. The van der Waals surface area contributed by atoms with Gasteiger partial charge in [0.15, 0.2) is 0 Å². The Bertz CT molecular complexity index is 693. The van der Waals surface area contributed by atoms with Crippen molar-refractivity contribution in [3.05, 3.63) is 63.2 Å². The summed E-state index contributed by atoms with van der Waals surface area (Å²) in [7, 11) is 0. The van der Waals surface area contributed by atoms with Crippen molar-refractivity contribution in [1.82, 2.24) is 4.98 Å². The molecule has 0 radical (unpaired) electrons. The Morgan fingerprint density at radius 1 is 1.40 bits per heavy atom. The lowest BCUT2D eigenvalue weighted by molar-refractivity contribution is -0.383. The highest BCUT2D eigenvalue weighted by molar-refractivity contribution is 6.31. The van der Waals surface area contributed by atoms with Crippen molar-refractivity contribution < 1.29 is 14.1 Å². The van der Waals surface area contributed by atoms with Crippen LogP contribution in [0.2, 0.25) is 5.02 Å². The Hall–Kier alpha value is -2.54. The number of nitrogens with zero attached hydrogens (tertiary/aromatic N) is 2. The smallest absolute Gasteiger partial charge is 0.294 e. The van der Waals surface area contributed by atoms with Crippen molar-refractivity contribution in [1.29, 1.82) is 0 Å². The fourth-order valence-corrected chi connectivity index (χ4v) is 1.67. The van der Waals surface area contributed by atoms with E-state index in [0.29, 0.717) is 0 Å². The van der Waals surface area contributed by atoms with E-state index in [0.717, 1.165) is 6.07 Å². The maximum Gasteiger partial charge on any atom is 0.294 e. The zero-order valence-corrected chi connectivity index (χ0v) is 10.6. The van der Waals surface area contributed by atoms with Gasteiger partial charge in [-0.05, 0) is 24.3 Å². The van der Waals surface area contributed by atoms with E-state index in [1.807, 2.05) is 0 Å². The largest absolute Gasteiger partial charge is 0.316 e. The number of amides is 1. The number of pyridine rings is 1. The Morgan fingerprint density at radius 2 is 2.15 bits per heavy atom. The van der Waals surface area contributed by atoms with Gasteiger partial charge in [-0.2, -0.15) is 4.39 Å². The Labute approximate surface area is 117 Å². The molecule has 0 bridgehead atoms. The first-order valence-electron chi connectivity index (χ1n) is 5.35. The summed E-state index contributed by atoms with van der Waals surface area (Å²) < 4.78 is 13.3. The molecule has 0 saturated heterocycles. The average Bonchev–Trinajstić information content (AvgIpc) is 2.41. The summed E-state index contributed by atoms with van der Waals surface area (Å²) in [6.45, 7) is 0. The van der Waals surface area contributed by atoms with E-state index >= 15 is 0 Å². The van der Waals surface area contributed by atoms with E-state index < -0.39 is 16.8 Å². The van der Waals surface area contributed by atoms with Gasteiger partial charge < -0.3 is 5.32 Å². The molecular weight excluding hydrogens is 289 g/mol. The molecule has 1 amide bonds. The second-order valence-electron chi connectivity index (χ2n) is 3.71. The molecule has 0 spiro atoms. The molecule has 0 aliphatic rings. The van der Waals surface area contributed by atoms with Crippen LogP contribution in [0.3, 0.4) is 0 Å². The number of hydrogen-bond donors (Lipinski definition) is 1. The quantitative estimate of drug-likeness (QED) is 0.536. The van der Waals surface area contributed by atoms with Crippen molar-refractivity contribution in [2.24, 2.45) is 0 Å². The lowest BCUT2D eigenvalue weighted by atomic mass is 10.2. The fourth-order valence-electron chi connectivity index (χ4n) is 1.51. The number of halogens is 2. The summed E-state index contributed by atoms with van der Waals surface area (Å²) in [5.41, 5.74) is -0.764. The van der Waals surface area contributed by atoms with Crippen molar-refractivity contribution in [3.63, 3.8) is 0 Å². The van der Waals surface area contributed by atoms with Crippen LogP contribution in [0.4, 0.5) is 15.8 Å². The van der Waals surface area contributed by atoms with Gasteiger partial charge in [-0.3, -0.25) is 14.9 Å². The number of rotatable bonds is 3. The summed E-state index contributed by atoms with van der Waals surface area (Å²) in [4.78, 5) is 25.4. The number of anilines is 1. The molecule has 6 nitrogen and oxygen atoms in total. The zero-order chi connectivity index (χ0) is 14.7. The standard InChI is InChI=1S/C12H7ClFN3O3/c13-7-3-4-9(10(6-7)17(19)20)16-12(18)8-2-1-5-15-11(8)14/h1-6H,(H,16,18). The molecule has 0 aliphatic carbocycles. The van der Waals surface area contributed by atoms with Gasteiger partial charge in [0, 0.05) is 17.3 Å². The minimum atomic E-state index is -0.957. The average molecular weight is 296 g/mol. The SMILES string of the molecule is O=C(Nc1ccc(Cl)cc1[N+](=O)[O-])c1cccnc1F. The van der Waals surface area contributed by atoms with Crippen LogP contribution in [0.15, 0.2) is 36.5 Å². The summed E-state index contributed by atoms with van der Waals surface area (Å²) in [5.74, 6) is -1.79. The maximum atomic E-state index is 13.3. The predicted molar refractivity (Wildman–Crippen MR) is 70.3 cm³/mol. The van der Waals surface area contributed by atoms with E-state index in [9.17, 15) is 19.3 Å². The summed E-state index contributed by atoms with van der Waals surface area (Å²) in [6.07, 6.45) is 1.19. The zero-order valence-electron chi connectivity index (χ0n) is 9.84. The number of aromatic nitrogens is 1. The molecule has 1 aromatic carbocycles. The molecule has 1 heterocycles. The number of nitro groups is 1. The van der Waals surface area contributed by atoms with Crippen LogP contribution in [-0.4, -0.2) is 15.8 Å². The van der Waals surface area contributed by atoms with E-state index in [4.69, 9.17) is 11.6 Å². The monoisotopic (exact) mass is 295 g/mol. The van der Waals surface area contributed by atoms with Gasteiger partial charge in [-0.25, -0.2) is 4.98 Å². The number of nitrogens with one attached hydrogen (secondary N) is 1. The highest BCUT2D eigenvalue weighted by Gasteiger charge is 2.19. The first-order chi connectivity index (χ1) is 9.49. The van der Waals surface area contributed by atoms with E-state index in [-0.39, 0.29) is 22.0 Å². The van der Waals surface area contributed by atoms with Crippen LogP contribution in [0.5, 0.6) is 0 Å². The van der Waals surface area contributed by atoms with Crippen LogP contribution < -0.4 is 5.32 Å². The molecular formula is C12H7ClFN3O3. The molecule has 0 fully saturated rings. The van der Waals surface area contributed by atoms with E-state index in [2.05, 4.69) is 10.3 Å². The third kappa shape index (κ3) is 2.89. The second-order valence-corrected chi connectivity index (χ2v) is 4.15. The van der Waals surface area contributed by atoms with Crippen molar-refractivity contribution in [2.45, 2.75) is 0 Å². The van der Waals surface area contributed by atoms with Crippen molar-refractivity contribution in [2.75, 3.05) is 5.32 Å². The molecule has 102 valence electrons. The van der Waals surface area contributed by atoms with Gasteiger partial charge in [0.05, 0.1) is 10.5 Å². The first kappa shape index (κ1) is 13.9. The third-order valence-corrected chi connectivity index (χ3v) is 2.64. The molecule has 1 aromatic heterocycles. The predicted octanol–water partition coefficient (Wildman–Crippen LogP) is 3.03. The minimum Gasteiger partial charge on any atom is -0.316 e. The minimum absolute atomic E-state index is 0.0762. The molecule has 0 saturated carbocycles. The van der Waals surface area contributed by atoms with E-state index in [1.54, 1.807) is 0 Å². The maximum absolute atomic E-state index is 13.3. The number of hydrogen-bond acceptors (Lipinski definition) is 4. The number of nitro benzene ring substituents is 1. The molecule has 2 rings (SSSR count). The molecule has 0 unspecified atom stereocenters. The van der Waals surface area contributed by atoms with Gasteiger partial charge in [0.1, 0.15) is 5.69 Å². The normalized spacial score (nSPS) is 10.1. The van der Waals surface area contributed by atoms with Gasteiger partial charge in [0.2, 0.25) is 5.95 Å². The lowest BCUT2D eigenvalue weighted by Crippen LogP contribution is -2.15. The topological polar surface area (TPSA) is 85.1 Å². The van der Waals surface area contributed by atoms with E-state index in [1.165, 1.54) is 30.5 Å². The summed E-state index contributed by atoms with van der Waals surface area (Å²) in [6, 6.07) is 6.35. The molecule has 8 heteroatoms. The molecule has 0 aliphatic heterocycles. The van der Waals surface area contributed by atoms with Gasteiger partial charge >= 0.3 is 0 Å². The van der Waals surface area contributed by atoms with Crippen molar-refractivity contribution >= 4 is 28.9 Å². The summed E-state index contributed by atoms with van der Waals surface area (Å²) in [5, 5.41) is 13.3. The molecule has 0 atom stereocenters. The van der Waals surface area contributed by atoms with Gasteiger partial charge in [0.25, 0.3) is 11.6 Å². The fraction of sp³-hybridized carbons (Fsp3) is 0. The highest BCUT2D eigenvalue weighted by Crippen LogP contribution is 2.28. The number of benzene rings is 1. The van der Waals surface area contributed by atoms with Crippen LogP contribution in [-0.2, 0) is 0 Å². The molecule has 20 heavy (non-hydrogen) atoms. The van der Waals surface area contributed by atoms with Crippen molar-refractivity contribution in [3.8, 4) is 0 Å². The molecule has 2 aromatic rings. The van der Waals surface area contributed by atoms with Crippen LogP contribution in [0, 0.1) is 16.1 Å².